The summed E-state index contributed by atoms with van der Waals surface area (Å²) in [5.74, 6) is 1.36. The second-order valence-corrected chi connectivity index (χ2v) is 8.73. The van der Waals surface area contributed by atoms with Crippen LogP contribution in [0.25, 0.3) is 16.9 Å². The lowest BCUT2D eigenvalue weighted by Crippen LogP contribution is -2.11. The molecular weight excluding hydrogens is 414 g/mol. The molecule has 0 saturated carbocycles. The standard InChI is InChI=1S/C23H29N3O4S/c1-14(2)16-11-17(21(29)12-20(16)28)19-13-24-23(31-9-8-27)26(19)15-6-7-22(30-5)18(10-15)25(3)4/h6-7,10-14,27-29H,8-9H2,1-5H3. The Morgan fingerprint density at radius 3 is 2.48 bits per heavy atom. The van der Waals surface area contributed by atoms with Crippen molar-refractivity contribution < 1.29 is 20.1 Å². The summed E-state index contributed by atoms with van der Waals surface area (Å²) in [6, 6.07) is 9.00. The monoisotopic (exact) mass is 443 g/mol. The first-order chi connectivity index (χ1) is 14.8. The molecule has 0 bridgehead atoms. The quantitative estimate of drug-likeness (QED) is 0.449. The molecule has 8 heteroatoms. The zero-order valence-corrected chi connectivity index (χ0v) is 19.3. The largest absolute Gasteiger partial charge is 0.508 e. The van der Waals surface area contributed by atoms with Crippen LogP contribution in [0.5, 0.6) is 17.2 Å². The van der Waals surface area contributed by atoms with Gasteiger partial charge < -0.3 is 25.0 Å². The summed E-state index contributed by atoms with van der Waals surface area (Å²) >= 11 is 1.43. The minimum atomic E-state index is -0.0249. The molecule has 0 radical (unpaired) electrons. The number of aromatic hydroxyl groups is 2. The summed E-state index contributed by atoms with van der Waals surface area (Å²) in [6.07, 6.45) is 1.70. The number of nitrogens with zero attached hydrogens (tertiary/aromatic N) is 3. The first-order valence-electron chi connectivity index (χ1n) is 10.0. The second kappa shape index (κ2) is 9.53. The van der Waals surface area contributed by atoms with E-state index in [1.807, 2.05) is 55.6 Å². The molecule has 0 saturated heterocycles. The van der Waals surface area contributed by atoms with Crippen molar-refractivity contribution in [1.29, 1.82) is 0 Å². The predicted octanol–water partition coefficient (Wildman–Crippen LogP) is 4.23. The Kier molecular flexibility index (Phi) is 7.02. The number of benzene rings is 2. The van der Waals surface area contributed by atoms with Gasteiger partial charge in [0.2, 0.25) is 0 Å². The van der Waals surface area contributed by atoms with Gasteiger partial charge in [0, 0.05) is 31.5 Å². The molecule has 3 rings (SSSR count). The average molecular weight is 444 g/mol. The first kappa shape index (κ1) is 22.8. The molecular formula is C23H29N3O4S. The fourth-order valence-electron chi connectivity index (χ4n) is 3.44. The lowest BCUT2D eigenvalue weighted by molar-refractivity contribution is 0.322. The SMILES string of the molecule is COc1ccc(-n2c(-c3cc(C(C)C)c(O)cc3O)cnc2SCCO)cc1N(C)C. The number of hydrogen-bond acceptors (Lipinski definition) is 7. The number of hydrogen-bond donors (Lipinski definition) is 3. The number of phenols is 2. The highest BCUT2D eigenvalue weighted by Gasteiger charge is 2.20. The van der Waals surface area contributed by atoms with Gasteiger partial charge in [-0.05, 0) is 35.7 Å². The zero-order valence-electron chi connectivity index (χ0n) is 18.5. The minimum absolute atomic E-state index is 0.0249. The third-order valence-electron chi connectivity index (χ3n) is 5.00. The molecule has 0 amide bonds. The van der Waals surface area contributed by atoms with E-state index >= 15 is 0 Å². The van der Waals surface area contributed by atoms with E-state index in [-0.39, 0.29) is 24.0 Å². The average Bonchev–Trinajstić information content (AvgIpc) is 3.14. The van der Waals surface area contributed by atoms with Crippen molar-refractivity contribution in [2.24, 2.45) is 0 Å². The summed E-state index contributed by atoms with van der Waals surface area (Å²) in [5.41, 5.74) is 3.75. The van der Waals surface area contributed by atoms with Crippen molar-refractivity contribution in [1.82, 2.24) is 9.55 Å². The Morgan fingerprint density at radius 1 is 1.13 bits per heavy atom. The molecule has 0 aliphatic rings. The van der Waals surface area contributed by atoms with Gasteiger partial charge in [0.15, 0.2) is 5.16 Å². The maximum absolute atomic E-state index is 10.7. The number of methoxy groups -OCH3 is 1. The van der Waals surface area contributed by atoms with E-state index in [4.69, 9.17) is 4.74 Å². The van der Waals surface area contributed by atoms with Gasteiger partial charge in [-0.1, -0.05) is 25.6 Å². The number of aliphatic hydroxyl groups is 1. The lowest BCUT2D eigenvalue weighted by Gasteiger charge is -2.20. The van der Waals surface area contributed by atoms with Crippen molar-refractivity contribution in [3.8, 4) is 34.2 Å². The Morgan fingerprint density at radius 2 is 1.87 bits per heavy atom. The van der Waals surface area contributed by atoms with E-state index in [1.54, 1.807) is 19.4 Å². The van der Waals surface area contributed by atoms with Crippen LogP contribution < -0.4 is 9.64 Å². The number of imidazole rings is 1. The van der Waals surface area contributed by atoms with E-state index in [9.17, 15) is 15.3 Å². The predicted molar refractivity (Wildman–Crippen MR) is 125 cm³/mol. The molecule has 2 aromatic carbocycles. The van der Waals surface area contributed by atoms with Crippen LogP contribution in [0.4, 0.5) is 5.69 Å². The summed E-state index contributed by atoms with van der Waals surface area (Å²) < 4.78 is 7.44. The Labute approximate surface area is 186 Å². The summed E-state index contributed by atoms with van der Waals surface area (Å²) in [7, 11) is 5.52. The molecule has 0 aliphatic heterocycles. The molecule has 166 valence electrons. The van der Waals surface area contributed by atoms with Crippen molar-refractivity contribution in [2.45, 2.75) is 24.9 Å². The summed E-state index contributed by atoms with van der Waals surface area (Å²) in [4.78, 5) is 6.52. The van der Waals surface area contributed by atoms with Gasteiger partial charge in [-0.25, -0.2) is 4.98 Å². The van der Waals surface area contributed by atoms with Crippen molar-refractivity contribution >= 4 is 17.4 Å². The van der Waals surface area contributed by atoms with Crippen LogP contribution in [0.2, 0.25) is 0 Å². The molecule has 1 aromatic heterocycles. The van der Waals surface area contributed by atoms with Gasteiger partial charge in [0.1, 0.15) is 17.2 Å². The zero-order chi connectivity index (χ0) is 22.7. The van der Waals surface area contributed by atoms with Gasteiger partial charge in [0.25, 0.3) is 0 Å². The van der Waals surface area contributed by atoms with Crippen LogP contribution in [0, 0.1) is 0 Å². The molecule has 0 spiro atoms. The van der Waals surface area contributed by atoms with E-state index in [2.05, 4.69) is 4.98 Å². The molecule has 0 atom stereocenters. The van der Waals surface area contributed by atoms with Crippen LogP contribution in [0.1, 0.15) is 25.3 Å². The number of anilines is 1. The normalized spacial score (nSPS) is 11.2. The molecule has 1 heterocycles. The number of aliphatic hydroxyl groups excluding tert-OH is 1. The number of aromatic nitrogens is 2. The van der Waals surface area contributed by atoms with E-state index in [0.717, 1.165) is 22.7 Å². The maximum atomic E-state index is 10.7. The minimum Gasteiger partial charge on any atom is -0.508 e. The van der Waals surface area contributed by atoms with E-state index in [1.165, 1.54) is 17.8 Å². The molecule has 3 N–H and O–H groups in total. The fourth-order valence-corrected chi connectivity index (χ4v) is 4.18. The first-order valence-corrected chi connectivity index (χ1v) is 11.0. The Bertz CT molecular complexity index is 1060. The number of thioether (sulfide) groups is 1. The van der Waals surface area contributed by atoms with Crippen molar-refractivity contribution in [2.75, 3.05) is 38.5 Å². The molecule has 0 unspecified atom stereocenters. The number of ether oxygens (including phenoxy) is 1. The molecule has 3 aromatic rings. The molecule has 31 heavy (non-hydrogen) atoms. The number of rotatable bonds is 8. The molecule has 7 nitrogen and oxygen atoms in total. The van der Waals surface area contributed by atoms with Crippen LogP contribution in [-0.2, 0) is 0 Å². The van der Waals surface area contributed by atoms with E-state index < -0.39 is 0 Å². The summed E-state index contributed by atoms with van der Waals surface area (Å²) in [5, 5.41) is 30.9. The van der Waals surface area contributed by atoms with Crippen LogP contribution >= 0.6 is 11.8 Å². The lowest BCUT2D eigenvalue weighted by atomic mass is 9.97. The van der Waals surface area contributed by atoms with Gasteiger partial charge >= 0.3 is 0 Å². The van der Waals surface area contributed by atoms with Crippen molar-refractivity contribution in [3.05, 3.63) is 42.1 Å². The van der Waals surface area contributed by atoms with Crippen LogP contribution in [-0.4, -0.2) is 58.4 Å². The summed E-state index contributed by atoms with van der Waals surface area (Å²) in [6.45, 7) is 4.01. The van der Waals surface area contributed by atoms with Gasteiger partial charge in [-0.15, -0.1) is 0 Å². The van der Waals surface area contributed by atoms with Crippen molar-refractivity contribution in [3.63, 3.8) is 0 Å². The Balaban J connectivity index is 2.25. The maximum Gasteiger partial charge on any atom is 0.173 e. The van der Waals surface area contributed by atoms with Crippen LogP contribution in [0.3, 0.4) is 0 Å². The van der Waals surface area contributed by atoms with Gasteiger partial charge in [-0.3, -0.25) is 4.57 Å². The molecule has 0 aliphatic carbocycles. The highest BCUT2D eigenvalue weighted by atomic mass is 32.2. The van der Waals surface area contributed by atoms with Crippen LogP contribution in [0.15, 0.2) is 41.7 Å². The van der Waals surface area contributed by atoms with Gasteiger partial charge in [0.05, 0.1) is 37.0 Å². The fraction of sp³-hybridized carbons (Fsp3) is 0.348. The highest BCUT2D eigenvalue weighted by molar-refractivity contribution is 7.99. The van der Waals surface area contributed by atoms with E-state index in [0.29, 0.717) is 22.2 Å². The smallest absolute Gasteiger partial charge is 0.173 e. The third-order valence-corrected chi connectivity index (χ3v) is 5.93. The topological polar surface area (TPSA) is 91.0 Å². The Hall–Kier alpha value is -2.84. The second-order valence-electron chi connectivity index (χ2n) is 7.67. The molecule has 0 fully saturated rings. The number of phenolic OH excluding ortho intramolecular Hbond substituents is 2. The third kappa shape index (κ3) is 4.60. The highest BCUT2D eigenvalue weighted by Crippen LogP contribution is 2.41. The van der Waals surface area contributed by atoms with Gasteiger partial charge in [-0.2, -0.15) is 0 Å².